The van der Waals surface area contributed by atoms with Gasteiger partial charge in [-0.25, -0.2) is 4.68 Å². The van der Waals surface area contributed by atoms with E-state index in [1.807, 2.05) is 35.1 Å². The van der Waals surface area contributed by atoms with Crippen molar-refractivity contribution in [2.75, 3.05) is 0 Å². The van der Waals surface area contributed by atoms with Crippen LogP contribution in [-0.2, 0) is 0 Å². The van der Waals surface area contributed by atoms with Gasteiger partial charge in [0.1, 0.15) is 0 Å². The van der Waals surface area contributed by atoms with Crippen LogP contribution in [0, 0.1) is 0 Å². The molecule has 1 heterocycles. The molecule has 112 valence electrons. The molecule has 2 aromatic carbocycles. The largest absolute Gasteiger partial charge is 0.241 e. The maximum atomic E-state index is 6.14. The van der Waals surface area contributed by atoms with Gasteiger partial charge in [0.15, 0.2) is 0 Å². The molecule has 4 heteroatoms. The van der Waals surface area contributed by atoms with Crippen molar-refractivity contribution in [1.82, 2.24) is 9.78 Å². The second-order valence-corrected chi connectivity index (χ2v) is 6.32. The fourth-order valence-electron chi connectivity index (χ4n) is 2.50. The smallest absolute Gasteiger partial charge is 0.0686 e. The Balaban J connectivity index is 2.14. The summed E-state index contributed by atoms with van der Waals surface area (Å²) in [4.78, 5) is 0. The Bertz CT molecular complexity index is 793. The van der Waals surface area contributed by atoms with Gasteiger partial charge in [0.05, 0.1) is 15.7 Å². The maximum Gasteiger partial charge on any atom is 0.0686 e. The number of aromatic nitrogens is 2. The topological polar surface area (TPSA) is 17.8 Å². The minimum absolute atomic E-state index is 0.419. The van der Waals surface area contributed by atoms with Gasteiger partial charge in [-0.05, 0) is 46.9 Å². The van der Waals surface area contributed by atoms with Crippen LogP contribution in [0.5, 0.6) is 0 Å². The predicted molar refractivity (Wildman–Crippen MR) is 93.1 cm³/mol. The number of hydrogen-bond donors (Lipinski definition) is 0. The van der Waals surface area contributed by atoms with E-state index in [9.17, 15) is 0 Å². The van der Waals surface area contributed by atoms with Crippen LogP contribution < -0.4 is 0 Å². The minimum atomic E-state index is 0.419. The van der Waals surface area contributed by atoms with Crippen LogP contribution in [0.4, 0.5) is 0 Å². The number of hydrogen-bond acceptors (Lipinski definition) is 1. The summed E-state index contributed by atoms with van der Waals surface area (Å²) in [5, 5.41) is 5.49. The highest BCUT2D eigenvalue weighted by Crippen LogP contribution is 2.32. The lowest BCUT2D eigenvalue weighted by Crippen LogP contribution is -2.02. The average molecular weight is 331 g/mol. The van der Waals surface area contributed by atoms with Crippen molar-refractivity contribution >= 4 is 23.2 Å². The van der Waals surface area contributed by atoms with Crippen molar-refractivity contribution in [2.45, 2.75) is 19.8 Å². The van der Waals surface area contributed by atoms with Gasteiger partial charge in [-0.2, -0.15) is 5.10 Å². The van der Waals surface area contributed by atoms with Crippen LogP contribution in [0.2, 0.25) is 10.0 Å². The summed E-state index contributed by atoms with van der Waals surface area (Å²) in [5.41, 5.74) is 4.47. The van der Waals surface area contributed by atoms with Gasteiger partial charge in [0.2, 0.25) is 0 Å². The van der Waals surface area contributed by atoms with Crippen molar-refractivity contribution in [1.29, 1.82) is 0 Å². The van der Waals surface area contributed by atoms with Gasteiger partial charge >= 0.3 is 0 Å². The minimum Gasteiger partial charge on any atom is -0.241 e. The molecule has 1 aromatic heterocycles. The molecule has 0 fully saturated rings. The Morgan fingerprint density at radius 1 is 0.955 bits per heavy atom. The molecule has 0 saturated carbocycles. The Morgan fingerprint density at radius 2 is 1.68 bits per heavy atom. The molecule has 3 rings (SSSR count). The van der Waals surface area contributed by atoms with Crippen LogP contribution >= 0.6 is 23.2 Å². The molecule has 3 aromatic rings. The number of halogens is 2. The highest BCUT2D eigenvalue weighted by Gasteiger charge is 2.11. The molecule has 0 radical (unpaired) electrons. The van der Waals surface area contributed by atoms with Gasteiger partial charge in [0.25, 0.3) is 0 Å². The molecule has 0 unspecified atom stereocenters. The number of nitrogens with zero attached hydrogens (tertiary/aromatic N) is 2. The third-order valence-corrected chi connectivity index (χ3v) is 4.40. The zero-order valence-corrected chi connectivity index (χ0v) is 13.9. The molecular weight excluding hydrogens is 315 g/mol. The van der Waals surface area contributed by atoms with E-state index in [2.05, 4.69) is 37.1 Å². The molecule has 0 aliphatic heterocycles. The molecule has 0 saturated heterocycles. The quantitative estimate of drug-likeness (QED) is 0.578. The van der Waals surface area contributed by atoms with Crippen molar-refractivity contribution < 1.29 is 0 Å². The first-order valence-corrected chi connectivity index (χ1v) is 7.91. The zero-order chi connectivity index (χ0) is 15.7. The van der Waals surface area contributed by atoms with E-state index in [1.54, 1.807) is 6.20 Å². The molecule has 0 bridgehead atoms. The van der Waals surface area contributed by atoms with Crippen LogP contribution in [0.3, 0.4) is 0 Å². The summed E-state index contributed by atoms with van der Waals surface area (Å²) in [6.07, 6.45) is 3.75. The maximum absolute atomic E-state index is 6.14. The van der Waals surface area contributed by atoms with E-state index in [4.69, 9.17) is 23.2 Å². The lowest BCUT2D eigenvalue weighted by molar-refractivity contribution is 0.809. The third kappa shape index (κ3) is 2.90. The molecule has 0 N–H and O–H groups in total. The normalized spacial score (nSPS) is 11.1. The summed E-state index contributed by atoms with van der Waals surface area (Å²) < 4.78 is 1.90. The highest BCUT2D eigenvalue weighted by molar-refractivity contribution is 6.42. The Morgan fingerprint density at radius 3 is 2.32 bits per heavy atom. The van der Waals surface area contributed by atoms with E-state index < -0.39 is 0 Å². The monoisotopic (exact) mass is 330 g/mol. The molecule has 0 aliphatic carbocycles. The first kappa shape index (κ1) is 15.1. The van der Waals surface area contributed by atoms with Crippen molar-refractivity contribution in [3.8, 4) is 16.8 Å². The van der Waals surface area contributed by atoms with Gasteiger partial charge in [0, 0.05) is 12.4 Å². The summed E-state index contributed by atoms with van der Waals surface area (Å²) >= 11 is 12.1. The summed E-state index contributed by atoms with van der Waals surface area (Å²) in [6.45, 7) is 4.36. The lowest BCUT2D eigenvalue weighted by Gasteiger charge is -2.15. The molecule has 0 amide bonds. The van der Waals surface area contributed by atoms with Crippen LogP contribution in [0.25, 0.3) is 16.8 Å². The van der Waals surface area contributed by atoms with Crippen LogP contribution in [0.15, 0.2) is 54.9 Å². The first-order chi connectivity index (χ1) is 10.6. The van der Waals surface area contributed by atoms with Gasteiger partial charge in [-0.3, -0.25) is 0 Å². The SMILES string of the molecule is CC(C)c1ccc(-c2ccc(Cl)c(Cl)c2)cc1-n1cccn1. The van der Waals surface area contributed by atoms with E-state index in [0.29, 0.717) is 16.0 Å². The third-order valence-electron chi connectivity index (χ3n) is 3.66. The fourth-order valence-corrected chi connectivity index (χ4v) is 2.79. The van der Waals surface area contributed by atoms with Gasteiger partial charge in [-0.1, -0.05) is 55.2 Å². The molecule has 0 atom stereocenters. The molecule has 2 nitrogen and oxygen atoms in total. The van der Waals surface area contributed by atoms with E-state index in [1.165, 1.54) is 5.56 Å². The van der Waals surface area contributed by atoms with Crippen molar-refractivity contribution in [3.63, 3.8) is 0 Å². The van der Waals surface area contributed by atoms with Crippen LogP contribution in [-0.4, -0.2) is 9.78 Å². The Labute approximate surface area is 140 Å². The van der Waals surface area contributed by atoms with Crippen molar-refractivity contribution in [2.24, 2.45) is 0 Å². The average Bonchev–Trinajstić information content (AvgIpc) is 3.03. The Kier molecular flexibility index (Phi) is 4.23. The Hall–Kier alpha value is -1.77. The fraction of sp³-hybridized carbons (Fsp3) is 0.167. The first-order valence-electron chi connectivity index (χ1n) is 7.15. The number of rotatable bonds is 3. The summed E-state index contributed by atoms with van der Waals surface area (Å²) in [6, 6.07) is 14.0. The zero-order valence-electron chi connectivity index (χ0n) is 12.4. The second kappa shape index (κ2) is 6.15. The van der Waals surface area contributed by atoms with Gasteiger partial charge < -0.3 is 0 Å². The molecular formula is C18H16Cl2N2. The molecule has 0 spiro atoms. The standard InChI is InChI=1S/C18H16Cl2N2/c1-12(2)15-6-4-14(11-18(15)22-9-3-8-21-22)13-5-7-16(19)17(20)10-13/h3-12H,1-2H3. The van der Waals surface area contributed by atoms with E-state index >= 15 is 0 Å². The predicted octanol–water partition coefficient (Wildman–Crippen LogP) is 5.97. The van der Waals surface area contributed by atoms with E-state index in [-0.39, 0.29) is 0 Å². The van der Waals surface area contributed by atoms with Gasteiger partial charge in [-0.15, -0.1) is 0 Å². The summed E-state index contributed by atoms with van der Waals surface area (Å²) in [7, 11) is 0. The van der Waals surface area contributed by atoms with Crippen molar-refractivity contribution in [3.05, 3.63) is 70.5 Å². The van der Waals surface area contributed by atoms with Crippen LogP contribution in [0.1, 0.15) is 25.3 Å². The van der Waals surface area contributed by atoms with E-state index in [0.717, 1.165) is 16.8 Å². The number of benzene rings is 2. The second-order valence-electron chi connectivity index (χ2n) is 5.51. The highest BCUT2D eigenvalue weighted by atomic mass is 35.5. The summed E-state index contributed by atoms with van der Waals surface area (Å²) in [5.74, 6) is 0.419. The molecule has 0 aliphatic rings. The molecule has 22 heavy (non-hydrogen) atoms. The lowest BCUT2D eigenvalue weighted by atomic mass is 9.96.